The highest BCUT2D eigenvalue weighted by Gasteiger charge is 2.35. The van der Waals surface area contributed by atoms with Gasteiger partial charge in [0.05, 0.1) is 18.3 Å². The number of carbonyl (C=O) groups is 2. The highest BCUT2D eigenvalue weighted by molar-refractivity contribution is 5.98. The maximum atomic E-state index is 12.3. The van der Waals surface area contributed by atoms with Crippen LogP contribution in [-0.2, 0) is 20.7 Å². The molecule has 170 valence electrons. The minimum absolute atomic E-state index is 0.0300. The molecule has 0 radical (unpaired) electrons. The predicted molar refractivity (Wildman–Crippen MR) is 121 cm³/mol. The van der Waals surface area contributed by atoms with E-state index < -0.39 is 12.2 Å². The molecular weight excluding hydrogens is 392 g/mol. The van der Waals surface area contributed by atoms with Gasteiger partial charge >= 0.3 is 5.97 Å². The van der Waals surface area contributed by atoms with E-state index in [0.717, 1.165) is 12.8 Å². The second kappa shape index (κ2) is 13.2. The Hall–Kier alpha value is -2.24. The molecule has 1 saturated carbocycles. The number of esters is 1. The number of rotatable bonds is 12. The molecule has 1 aromatic carbocycles. The number of ketones is 1. The monoisotopic (exact) mass is 428 g/mol. The van der Waals surface area contributed by atoms with Crippen LogP contribution in [-0.4, -0.2) is 40.3 Å². The molecule has 31 heavy (non-hydrogen) atoms. The summed E-state index contributed by atoms with van der Waals surface area (Å²) in [7, 11) is 0. The topological polar surface area (TPSA) is 83.8 Å². The molecule has 0 amide bonds. The Morgan fingerprint density at radius 2 is 1.97 bits per heavy atom. The Morgan fingerprint density at radius 1 is 1.23 bits per heavy atom. The van der Waals surface area contributed by atoms with Gasteiger partial charge in [0, 0.05) is 18.8 Å². The SMILES string of the molecule is CC(C)OC(=O)CCCC=CC[C@@H]1C(=CC[C@@H](O)CCc2ccccc2)C(=O)C[C@@H]1O. The summed E-state index contributed by atoms with van der Waals surface area (Å²) in [6.45, 7) is 3.67. The van der Waals surface area contributed by atoms with Crippen molar-refractivity contribution in [3.63, 3.8) is 0 Å². The van der Waals surface area contributed by atoms with Crippen molar-refractivity contribution >= 4 is 11.8 Å². The average Bonchev–Trinajstić information content (AvgIpc) is 3.00. The van der Waals surface area contributed by atoms with Gasteiger partial charge in [-0.15, -0.1) is 0 Å². The number of ether oxygens (including phenoxy) is 1. The van der Waals surface area contributed by atoms with Crippen LogP contribution in [0.3, 0.4) is 0 Å². The zero-order chi connectivity index (χ0) is 22.6. The summed E-state index contributed by atoms with van der Waals surface area (Å²) in [4.78, 5) is 23.8. The fourth-order valence-corrected chi connectivity index (χ4v) is 3.82. The highest BCUT2D eigenvalue weighted by Crippen LogP contribution is 2.32. The number of carbonyl (C=O) groups excluding carboxylic acids is 2. The quantitative estimate of drug-likeness (QED) is 0.224. The first-order valence-electron chi connectivity index (χ1n) is 11.3. The van der Waals surface area contributed by atoms with Gasteiger partial charge in [-0.25, -0.2) is 0 Å². The molecule has 3 atom stereocenters. The molecule has 0 spiro atoms. The summed E-state index contributed by atoms with van der Waals surface area (Å²) >= 11 is 0. The Balaban J connectivity index is 1.78. The lowest BCUT2D eigenvalue weighted by Crippen LogP contribution is -2.14. The summed E-state index contributed by atoms with van der Waals surface area (Å²) in [6.07, 6.45) is 8.91. The van der Waals surface area contributed by atoms with Gasteiger partial charge in [0.1, 0.15) is 0 Å². The molecule has 2 N–H and O–H groups in total. The van der Waals surface area contributed by atoms with Crippen molar-refractivity contribution in [3.05, 3.63) is 59.7 Å². The van der Waals surface area contributed by atoms with Crippen LogP contribution >= 0.6 is 0 Å². The molecule has 0 unspecified atom stereocenters. The molecule has 5 nitrogen and oxygen atoms in total. The van der Waals surface area contributed by atoms with Crippen LogP contribution in [0.1, 0.15) is 64.4 Å². The van der Waals surface area contributed by atoms with Gasteiger partial charge in [-0.05, 0) is 63.5 Å². The van der Waals surface area contributed by atoms with Crippen LogP contribution in [0.15, 0.2) is 54.1 Å². The minimum atomic E-state index is -0.675. The summed E-state index contributed by atoms with van der Waals surface area (Å²) in [5.41, 5.74) is 1.82. The van der Waals surface area contributed by atoms with Crippen molar-refractivity contribution in [1.29, 1.82) is 0 Å². The standard InChI is InChI=1S/C26H36O5/c1-19(2)31-26(30)13-9-4-3-8-12-22-23(25(29)18-24(22)28)17-16-21(27)15-14-20-10-6-5-7-11-20/h3,5-8,10-11,17,19,21-22,24,27-28H,4,9,12-16,18H2,1-2H3/t21-,22+,24-/m0/s1. The summed E-state index contributed by atoms with van der Waals surface area (Å²) in [5.74, 6) is -0.440. The number of unbranched alkanes of at least 4 members (excludes halogenated alkanes) is 1. The Morgan fingerprint density at radius 3 is 2.68 bits per heavy atom. The van der Waals surface area contributed by atoms with E-state index in [0.29, 0.717) is 37.7 Å². The fourth-order valence-electron chi connectivity index (χ4n) is 3.82. The van der Waals surface area contributed by atoms with E-state index >= 15 is 0 Å². The van der Waals surface area contributed by atoms with Crippen LogP contribution in [0.2, 0.25) is 0 Å². The number of aryl methyl sites for hydroxylation is 1. The van der Waals surface area contributed by atoms with Gasteiger partial charge in [0.2, 0.25) is 0 Å². The van der Waals surface area contributed by atoms with Crippen molar-refractivity contribution in [2.75, 3.05) is 0 Å². The van der Waals surface area contributed by atoms with Crippen molar-refractivity contribution in [1.82, 2.24) is 0 Å². The highest BCUT2D eigenvalue weighted by atomic mass is 16.5. The normalized spacial score (nSPS) is 21.3. The first kappa shape index (κ1) is 25.0. The molecule has 0 bridgehead atoms. The molecule has 1 aliphatic carbocycles. The third-order valence-corrected chi connectivity index (χ3v) is 5.47. The van der Waals surface area contributed by atoms with E-state index in [-0.39, 0.29) is 30.2 Å². The van der Waals surface area contributed by atoms with Gasteiger partial charge in [0.25, 0.3) is 0 Å². The Kier molecular flexibility index (Phi) is 10.7. The molecule has 2 rings (SSSR count). The number of Topliss-reactive ketones (excluding diaryl/α,β-unsaturated/α-hetero) is 1. The van der Waals surface area contributed by atoms with E-state index in [9.17, 15) is 19.8 Å². The molecule has 1 aliphatic rings. The number of benzene rings is 1. The van der Waals surface area contributed by atoms with Crippen LogP contribution in [0, 0.1) is 5.92 Å². The number of allylic oxidation sites excluding steroid dienone is 2. The maximum absolute atomic E-state index is 12.3. The first-order chi connectivity index (χ1) is 14.9. The smallest absolute Gasteiger partial charge is 0.306 e. The number of hydrogen-bond acceptors (Lipinski definition) is 5. The molecule has 0 heterocycles. The van der Waals surface area contributed by atoms with Gasteiger partial charge in [-0.3, -0.25) is 9.59 Å². The van der Waals surface area contributed by atoms with Crippen LogP contribution in [0.5, 0.6) is 0 Å². The second-order valence-electron chi connectivity index (χ2n) is 8.51. The lowest BCUT2D eigenvalue weighted by molar-refractivity contribution is -0.147. The lowest BCUT2D eigenvalue weighted by Gasteiger charge is -2.14. The lowest BCUT2D eigenvalue weighted by atomic mass is 9.94. The summed E-state index contributed by atoms with van der Waals surface area (Å²) in [5, 5.41) is 20.6. The van der Waals surface area contributed by atoms with Crippen molar-refractivity contribution in [3.8, 4) is 0 Å². The van der Waals surface area contributed by atoms with Gasteiger partial charge in [0.15, 0.2) is 5.78 Å². The number of aliphatic hydroxyl groups excluding tert-OH is 2. The van der Waals surface area contributed by atoms with E-state index in [1.54, 1.807) is 0 Å². The zero-order valence-electron chi connectivity index (χ0n) is 18.7. The van der Waals surface area contributed by atoms with Gasteiger partial charge < -0.3 is 14.9 Å². The summed E-state index contributed by atoms with van der Waals surface area (Å²) < 4.78 is 5.11. The van der Waals surface area contributed by atoms with Gasteiger partial charge in [-0.1, -0.05) is 48.6 Å². The molecule has 1 aromatic rings. The fraction of sp³-hybridized carbons (Fsp3) is 0.538. The van der Waals surface area contributed by atoms with Gasteiger partial charge in [-0.2, -0.15) is 0 Å². The largest absolute Gasteiger partial charge is 0.463 e. The molecule has 5 heteroatoms. The number of aliphatic hydroxyl groups is 2. The third-order valence-electron chi connectivity index (χ3n) is 5.47. The van der Waals surface area contributed by atoms with Crippen molar-refractivity contribution in [2.24, 2.45) is 5.92 Å². The van der Waals surface area contributed by atoms with E-state index in [2.05, 4.69) is 0 Å². The Labute approximate surface area is 185 Å². The van der Waals surface area contributed by atoms with E-state index in [1.165, 1.54) is 5.56 Å². The van der Waals surface area contributed by atoms with Crippen LogP contribution in [0.25, 0.3) is 0 Å². The second-order valence-corrected chi connectivity index (χ2v) is 8.51. The molecule has 0 aromatic heterocycles. The molecular formula is C26H36O5. The van der Waals surface area contributed by atoms with Crippen molar-refractivity contribution < 1.29 is 24.5 Å². The molecule has 1 fully saturated rings. The Bertz CT molecular complexity index is 750. The van der Waals surface area contributed by atoms with Crippen LogP contribution in [0.4, 0.5) is 0 Å². The third kappa shape index (κ3) is 9.19. The maximum Gasteiger partial charge on any atom is 0.306 e. The average molecular weight is 429 g/mol. The summed E-state index contributed by atoms with van der Waals surface area (Å²) in [6, 6.07) is 10.0. The first-order valence-corrected chi connectivity index (χ1v) is 11.3. The van der Waals surface area contributed by atoms with Crippen LogP contribution < -0.4 is 0 Å². The predicted octanol–water partition coefficient (Wildman–Crippen LogP) is 4.31. The zero-order valence-corrected chi connectivity index (χ0v) is 18.7. The van der Waals surface area contributed by atoms with E-state index in [4.69, 9.17) is 4.74 Å². The van der Waals surface area contributed by atoms with E-state index in [1.807, 2.05) is 62.4 Å². The molecule has 0 saturated heterocycles. The molecule has 0 aliphatic heterocycles. The number of hydrogen-bond donors (Lipinski definition) is 2. The van der Waals surface area contributed by atoms with Crippen molar-refractivity contribution in [2.45, 2.75) is 83.5 Å². The minimum Gasteiger partial charge on any atom is -0.463 e.